The fourth-order valence-corrected chi connectivity index (χ4v) is 2.43. The summed E-state index contributed by atoms with van der Waals surface area (Å²) in [5.41, 5.74) is 0.752. The normalized spacial score (nSPS) is 10.4. The van der Waals surface area contributed by atoms with Crippen molar-refractivity contribution < 1.29 is 9.21 Å². The smallest absolute Gasteiger partial charge is 0.322 e. The molecule has 22 heavy (non-hydrogen) atoms. The van der Waals surface area contributed by atoms with Crippen LogP contribution in [0.5, 0.6) is 0 Å². The first-order valence-electron chi connectivity index (χ1n) is 6.53. The number of rotatable bonds is 5. The van der Waals surface area contributed by atoms with Gasteiger partial charge in [0, 0.05) is 22.9 Å². The van der Waals surface area contributed by atoms with Crippen LogP contribution in [0, 0.1) is 0 Å². The summed E-state index contributed by atoms with van der Waals surface area (Å²) in [5, 5.41) is 10.3. The van der Waals surface area contributed by atoms with Crippen molar-refractivity contribution in [3.8, 4) is 11.5 Å². The quantitative estimate of drug-likeness (QED) is 0.730. The Labute approximate surface area is 131 Å². The van der Waals surface area contributed by atoms with E-state index < -0.39 is 0 Å². The molecule has 0 atom stereocenters. The maximum atomic E-state index is 11.9. The number of carbonyl (C=O) groups is 1. The largest absolute Gasteiger partial charge is 0.403 e. The molecule has 2 heterocycles. The molecule has 0 spiro atoms. The summed E-state index contributed by atoms with van der Waals surface area (Å²) in [6, 6.07) is 13.3. The Hall–Kier alpha value is -2.67. The molecule has 0 saturated carbocycles. The number of aromatic nitrogens is 3. The number of anilines is 1. The highest BCUT2D eigenvalue weighted by molar-refractivity contribution is 8.00. The van der Waals surface area contributed by atoms with Crippen molar-refractivity contribution in [1.82, 2.24) is 15.2 Å². The molecule has 0 aliphatic rings. The number of thioether (sulfide) groups is 1. The van der Waals surface area contributed by atoms with Gasteiger partial charge in [0.15, 0.2) is 0 Å². The van der Waals surface area contributed by atoms with E-state index in [0.717, 1.165) is 10.5 Å². The van der Waals surface area contributed by atoms with Crippen LogP contribution in [0.4, 0.5) is 6.01 Å². The zero-order chi connectivity index (χ0) is 15.2. The van der Waals surface area contributed by atoms with E-state index in [1.54, 1.807) is 24.5 Å². The third-order valence-electron chi connectivity index (χ3n) is 2.71. The second-order valence-electron chi connectivity index (χ2n) is 4.30. The topological polar surface area (TPSA) is 80.9 Å². The van der Waals surface area contributed by atoms with Crippen LogP contribution in [0.2, 0.25) is 0 Å². The van der Waals surface area contributed by atoms with Crippen LogP contribution in [0.15, 0.2) is 64.2 Å². The molecule has 3 rings (SSSR count). The van der Waals surface area contributed by atoms with Gasteiger partial charge in [-0.1, -0.05) is 23.3 Å². The van der Waals surface area contributed by atoms with E-state index in [9.17, 15) is 4.79 Å². The molecule has 0 fully saturated rings. The Balaban J connectivity index is 1.57. The van der Waals surface area contributed by atoms with E-state index in [1.165, 1.54) is 11.8 Å². The zero-order valence-electron chi connectivity index (χ0n) is 11.5. The first-order valence-corrected chi connectivity index (χ1v) is 7.51. The molecule has 0 saturated heterocycles. The highest BCUT2D eigenvalue weighted by Gasteiger charge is 2.11. The van der Waals surface area contributed by atoms with E-state index in [0.29, 0.717) is 5.89 Å². The van der Waals surface area contributed by atoms with Crippen molar-refractivity contribution in [1.29, 1.82) is 0 Å². The first-order chi connectivity index (χ1) is 10.8. The monoisotopic (exact) mass is 312 g/mol. The van der Waals surface area contributed by atoms with Crippen LogP contribution in [0.3, 0.4) is 0 Å². The molecule has 0 radical (unpaired) electrons. The molecular weight excluding hydrogens is 300 g/mol. The number of hydrogen-bond donors (Lipinski definition) is 1. The van der Waals surface area contributed by atoms with Crippen LogP contribution in [-0.4, -0.2) is 26.8 Å². The predicted octanol–water partition coefficient (Wildman–Crippen LogP) is 2.86. The van der Waals surface area contributed by atoms with Gasteiger partial charge in [0.05, 0.1) is 5.75 Å². The van der Waals surface area contributed by atoms with Crippen molar-refractivity contribution in [2.75, 3.05) is 11.1 Å². The third kappa shape index (κ3) is 3.70. The van der Waals surface area contributed by atoms with Crippen LogP contribution in [-0.2, 0) is 4.79 Å². The Morgan fingerprint density at radius 3 is 2.64 bits per heavy atom. The summed E-state index contributed by atoms with van der Waals surface area (Å²) in [6.45, 7) is 0. The number of benzene rings is 1. The lowest BCUT2D eigenvalue weighted by Gasteiger charge is -2.00. The van der Waals surface area contributed by atoms with E-state index in [-0.39, 0.29) is 17.7 Å². The van der Waals surface area contributed by atoms with Crippen LogP contribution >= 0.6 is 11.8 Å². The molecule has 1 amide bonds. The number of nitrogens with one attached hydrogen (secondary N) is 1. The summed E-state index contributed by atoms with van der Waals surface area (Å²) < 4.78 is 5.40. The molecule has 1 aromatic carbocycles. The van der Waals surface area contributed by atoms with Crippen molar-refractivity contribution in [2.45, 2.75) is 4.90 Å². The van der Waals surface area contributed by atoms with Gasteiger partial charge in [0.2, 0.25) is 11.8 Å². The van der Waals surface area contributed by atoms with E-state index in [2.05, 4.69) is 20.5 Å². The van der Waals surface area contributed by atoms with E-state index in [1.807, 2.05) is 30.3 Å². The number of pyridine rings is 1. The first kappa shape index (κ1) is 14.3. The van der Waals surface area contributed by atoms with E-state index >= 15 is 0 Å². The highest BCUT2D eigenvalue weighted by atomic mass is 32.2. The molecule has 0 bridgehead atoms. The minimum absolute atomic E-state index is 0.0884. The Kier molecular flexibility index (Phi) is 4.45. The number of nitrogens with zero attached hydrogens (tertiary/aromatic N) is 3. The molecule has 3 aromatic rings. The standard InChI is InChI=1S/C15H12N4O2S/c20-13(10-22-12-4-2-1-3-5-12)17-15-19-18-14(21-15)11-6-8-16-9-7-11/h1-9H,10H2,(H,17,19,20). The molecule has 110 valence electrons. The van der Waals surface area contributed by atoms with Gasteiger partial charge >= 0.3 is 6.01 Å². The Bertz CT molecular complexity index is 747. The molecule has 0 aliphatic heterocycles. The van der Waals surface area contributed by atoms with Gasteiger partial charge < -0.3 is 4.42 Å². The molecule has 6 nitrogen and oxygen atoms in total. The fraction of sp³-hybridized carbons (Fsp3) is 0.0667. The second kappa shape index (κ2) is 6.86. The van der Waals surface area contributed by atoms with Crippen molar-refractivity contribution in [2.24, 2.45) is 0 Å². The van der Waals surface area contributed by atoms with Gasteiger partial charge in [0.25, 0.3) is 0 Å². The van der Waals surface area contributed by atoms with Gasteiger partial charge in [-0.2, -0.15) is 0 Å². The fourth-order valence-electron chi connectivity index (χ4n) is 1.71. The van der Waals surface area contributed by atoms with Gasteiger partial charge in [-0.05, 0) is 24.3 Å². The van der Waals surface area contributed by atoms with Gasteiger partial charge in [0.1, 0.15) is 0 Å². The average Bonchev–Trinajstić information content (AvgIpc) is 3.03. The van der Waals surface area contributed by atoms with Crippen LogP contribution < -0.4 is 5.32 Å². The van der Waals surface area contributed by atoms with E-state index in [4.69, 9.17) is 4.42 Å². The van der Waals surface area contributed by atoms with Gasteiger partial charge in [-0.3, -0.25) is 15.1 Å². The maximum absolute atomic E-state index is 11.9. The minimum Gasteiger partial charge on any atom is -0.403 e. The summed E-state index contributed by atoms with van der Waals surface area (Å²) >= 11 is 1.44. The van der Waals surface area contributed by atoms with Crippen molar-refractivity contribution >= 4 is 23.7 Å². The predicted molar refractivity (Wildman–Crippen MR) is 83.3 cm³/mol. The minimum atomic E-state index is -0.196. The molecule has 0 aliphatic carbocycles. The van der Waals surface area contributed by atoms with Crippen molar-refractivity contribution in [3.63, 3.8) is 0 Å². The summed E-state index contributed by atoms with van der Waals surface area (Å²) in [7, 11) is 0. The second-order valence-corrected chi connectivity index (χ2v) is 5.35. The average molecular weight is 312 g/mol. The molecule has 2 aromatic heterocycles. The SMILES string of the molecule is O=C(CSc1ccccc1)Nc1nnc(-c2ccncc2)o1. The van der Waals surface area contributed by atoms with Gasteiger partial charge in [-0.15, -0.1) is 16.9 Å². The Morgan fingerprint density at radius 1 is 1.09 bits per heavy atom. The highest BCUT2D eigenvalue weighted by Crippen LogP contribution is 2.20. The lowest BCUT2D eigenvalue weighted by Crippen LogP contribution is -2.14. The third-order valence-corrected chi connectivity index (χ3v) is 3.72. The lowest BCUT2D eigenvalue weighted by atomic mass is 10.3. The van der Waals surface area contributed by atoms with Crippen molar-refractivity contribution in [3.05, 3.63) is 54.9 Å². The lowest BCUT2D eigenvalue weighted by molar-refractivity contribution is -0.113. The molecule has 0 unspecified atom stereocenters. The van der Waals surface area contributed by atoms with Gasteiger partial charge in [-0.25, -0.2) is 0 Å². The number of hydrogen-bond acceptors (Lipinski definition) is 6. The summed E-state index contributed by atoms with van der Waals surface area (Å²) in [5.74, 6) is 0.420. The summed E-state index contributed by atoms with van der Waals surface area (Å²) in [4.78, 5) is 16.8. The number of carbonyl (C=O) groups excluding carboxylic acids is 1. The Morgan fingerprint density at radius 2 is 1.86 bits per heavy atom. The van der Waals surface area contributed by atoms with Crippen LogP contribution in [0.25, 0.3) is 11.5 Å². The summed E-state index contributed by atoms with van der Waals surface area (Å²) in [6.07, 6.45) is 3.27. The maximum Gasteiger partial charge on any atom is 0.322 e. The van der Waals surface area contributed by atoms with Crippen LogP contribution in [0.1, 0.15) is 0 Å². The molecule has 1 N–H and O–H groups in total. The molecular formula is C15H12N4O2S. The number of amides is 1. The zero-order valence-corrected chi connectivity index (χ0v) is 12.3. The molecule has 7 heteroatoms.